The minimum absolute atomic E-state index is 0.0620. The molecular weight excluding hydrogens is 390 g/mol. The first-order chi connectivity index (χ1) is 12.9. The molecule has 0 saturated carbocycles. The Hall–Kier alpha value is -2.58. The van der Waals surface area contributed by atoms with Crippen molar-refractivity contribution < 1.29 is 14.5 Å². The Morgan fingerprint density at radius 2 is 2.04 bits per heavy atom. The summed E-state index contributed by atoms with van der Waals surface area (Å²) in [7, 11) is 0. The lowest BCUT2D eigenvalue weighted by Gasteiger charge is -2.16. The number of nitro groups is 1. The van der Waals surface area contributed by atoms with Crippen LogP contribution < -0.4 is 4.74 Å². The third-order valence-corrected chi connectivity index (χ3v) is 5.07. The van der Waals surface area contributed by atoms with Gasteiger partial charge in [-0.15, -0.1) is 0 Å². The summed E-state index contributed by atoms with van der Waals surface area (Å²) in [6.45, 7) is 2.19. The number of ether oxygens (including phenoxy) is 1. The van der Waals surface area contributed by atoms with Crippen LogP contribution in [-0.4, -0.2) is 39.3 Å². The van der Waals surface area contributed by atoms with Crippen LogP contribution in [0, 0.1) is 10.1 Å². The Balaban J connectivity index is 1.73. The molecule has 1 saturated heterocycles. The predicted molar refractivity (Wildman–Crippen MR) is 106 cm³/mol. The van der Waals surface area contributed by atoms with Gasteiger partial charge in [0, 0.05) is 22.9 Å². The molecule has 3 rings (SSSR count). The van der Waals surface area contributed by atoms with E-state index >= 15 is 0 Å². The summed E-state index contributed by atoms with van der Waals surface area (Å²) in [5.41, 5.74) is 0.512. The van der Waals surface area contributed by atoms with Gasteiger partial charge in [-0.1, -0.05) is 42.4 Å². The molecule has 0 spiro atoms. The first-order valence-corrected chi connectivity index (χ1v) is 9.37. The van der Waals surface area contributed by atoms with Crippen LogP contribution in [0.1, 0.15) is 6.92 Å². The van der Waals surface area contributed by atoms with Crippen molar-refractivity contribution in [2.45, 2.75) is 12.2 Å². The molecule has 0 radical (unpaired) electrons. The molecule has 1 amide bonds. The van der Waals surface area contributed by atoms with Gasteiger partial charge in [0.25, 0.3) is 5.91 Å². The van der Waals surface area contributed by atoms with Gasteiger partial charge in [0.05, 0.1) is 10.6 Å². The minimum atomic E-state index is -0.541. The Kier molecular flexibility index (Phi) is 5.98. The first-order valence-electron chi connectivity index (χ1n) is 8.11. The molecule has 1 aliphatic heterocycles. The molecule has 7 nitrogen and oxygen atoms in total. The molecule has 27 heavy (non-hydrogen) atoms. The fourth-order valence-corrected chi connectivity index (χ4v) is 3.66. The second-order valence-electron chi connectivity index (χ2n) is 5.82. The van der Waals surface area contributed by atoms with E-state index in [0.29, 0.717) is 22.4 Å². The lowest BCUT2D eigenvalue weighted by atomic mass is 10.3. The number of nitrogens with zero attached hydrogens (tertiary/aromatic N) is 3. The molecular formula is C18H16ClN3O4S. The van der Waals surface area contributed by atoms with E-state index in [1.807, 2.05) is 6.92 Å². The minimum Gasteiger partial charge on any atom is -0.477 e. The molecule has 2 aromatic rings. The monoisotopic (exact) mass is 405 g/mol. The molecule has 1 atom stereocenters. The predicted octanol–water partition coefficient (Wildman–Crippen LogP) is 4.28. The molecule has 0 N–H and O–H groups in total. The molecule has 1 aliphatic rings. The van der Waals surface area contributed by atoms with E-state index in [1.165, 1.54) is 23.9 Å². The van der Waals surface area contributed by atoms with Crippen molar-refractivity contribution in [3.8, 4) is 5.75 Å². The Labute approximate surface area is 165 Å². The highest BCUT2D eigenvalue weighted by Gasteiger charge is 2.31. The number of amidine groups is 1. The average Bonchev–Trinajstić information content (AvgIpc) is 3.02. The van der Waals surface area contributed by atoms with E-state index in [2.05, 4.69) is 4.99 Å². The number of hydrogen-bond acceptors (Lipinski definition) is 6. The van der Waals surface area contributed by atoms with Crippen LogP contribution in [0.5, 0.6) is 5.75 Å². The lowest BCUT2D eigenvalue weighted by molar-refractivity contribution is -0.385. The van der Waals surface area contributed by atoms with Gasteiger partial charge >= 0.3 is 5.69 Å². The summed E-state index contributed by atoms with van der Waals surface area (Å²) >= 11 is 7.37. The van der Waals surface area contributed by atoms with E-state index in [0.717, 1.165) is 0 Å². The molecule has 0 aromatic heterocycles. The molecule has 2 aromatic carbocycles. The van der Waals surface area contributed by atoms with Crippen LogP contribution in [0.4, 0.5) is 11.4 Å². The van der Waals surface area contributed by atoms with Gasteiger partial charge in [-0.25, -0.2) is 4.99 Å². The number of rotatable bonds is 5. The maximum atomic E-state index is 12.6. The molecule has 0 bridgehead atoms. The van der Waals surface area contributed by atoms with Crippen LogP contribution in [0.25, 0.3) is 0 Å². The zero-order chi connectivity index (χ0) is 19.4. The van der Waals surface area contributed by atoms with Gasteiger partial charge < -0.3 is 4.74 Å². The molecule has 0 unspecified atom stereocenters. The fraction of sp³-hybridized carbons (Fsp3) is 0.222. The van der Waals surface area contributed by atoms with E-state index in [9.17, 15) is 14.9 Å². The smallest absolute Gasteiger partial charge is 0.310 e. The molecule has 1 heterocycles. The highest BCUT2D eigenvalue weighted by atomic mass is 35.5. The summed E-state index contributed by atoms with van der Waals surface area (Å²) in [4.78, 5) is 29.2. The third-order valence-electron chi connectivity index (χ3n) is 3.74. The molecule has 1 fully saturated rings. The standard InChI is InChI=1S/C18H16ClN3O4S/c1-12-10-21(18(27-12)20-14-8-6-13(19)7-9-14)17(23)11-26-16-5-3-2-4-15(16)22(24)25/h2-9,12H,10-11H2,1H3/t12-/m1/s1. The Morgan fingerprint density at radius 3 is 2.74 bits per heavy atom. The van der Waals surface area contributed by atoms with Crippen molar-refractivity contribution in [2.24, 2.45) is 4.99 Å². The van der Waals surface area contributed by atoms with Crippen molar-refractivity contribution in [3.05, 3.63) is 63.7 Å². The largest absolute Gasteiger partial charge is 0.477 e. The molecule has 9 heteroatoms. The number of amides is 1. The Bertz CT molecular complexity index is 888. The van der Waals surface area contributed by atoms with Crippen LogP contribution >= 0.6 is 23.4 Å². The zero-order valence-corrected chi connectivity index (χ0v) is 15.9. The molecule has 140 valence electrons. The van der Waals surface area contributed by atoms with Crippen molar-refractivity contribution in [3.63, 3.8) is 0 Å². The maximum absolute atomic E-state index is 12.6. The van der Waals surface area contributed by atoms with Crippen molar-refractivity contribution >= 4 is 45.8 Å². The van der Waals surface area contributed by atoms with Gasteiger partial charge in [0.1, 0.15) is 0 Å². The second kappa shape index (κ2) is 8.41. The summed E-state index contributed by atoms with van der Waals surface area (Å²) < 4.78 is 5.41. The zero-order valence-electron chi connectivity index (χ0n) is 14.4. The number of carbonyl (C=O) groups excluding carboxylic acids is 1. The lowest BCUT2D eigenvalue weighted by Crippen LogP contribution is -2.36. The van der Waals surface area contributed by atoms with Crippen molar-refractivity contribution in [1.82, 2.24) is 4.90 Å². The highest BCUT2D eigenvalue weighted by Crippen LogP contribution is 2.30. The first kappa shape index (κ1) is 19.2. The summed E-state index contributed by atoms with van der Waals surface area (Å²) in [5, 5.41) is 12.4. The number of para-hydroxylation sites is 2. The average molecular weight is 406 g/mol. The highest BCUT2D eigenvalue weighted by molar-refractivity contribution is 8.14. The number of halogens is 1. The van der Waals surface area contributed by atoms with Gasteiger partial charge in [0.2, 0.25) is 0 Å². The number of carbonyl (C=O) groups is 1. The van der Waals surface area contributed by atoms with Gasteiger partial charge in [-0.3, -0.25) is 19.8 Å². The van der Waals surface area contributed by atoms with Crippen molar-refractivity contribution in [1.29, 1.82) is 0 Å². The fourth-order valence-electron chi connectivity index (χ4n) is 2.48. The van der Waals surface area contributed by atoms with E-state index in [1.54, 1.807) is 41.3 Å². The van der Waals surface area contributed by atoms with E-state index in [4.69, 9.17) is 16.3 Å². The SMILES string of the molecule is C[C@@H]1CN(C(=O)COc2ccccc2[N+](=O)[O-])C(=Nc2ccc(Cl)cc2)S1. The summed E-state index contributed by atoms with van der Waals surface area (Å²) in [6.07, 6.45) is 0. The number of hydrogen-bond donors (Lipinski definition) is 0. The number of nitro benzene ring substituents is 1. The number of thioether (sulfide) groups is 1. The second-order valence-corrected chi connectivity index (χ2v) is 7.66. The third kappa shape index (κ3) is 4.78. The van der Waals surface area contributed by atoms with Gasteiger partial charge in [0.15, 0.2) is 17.5 Å². The topological polar surface area (TPSA) is 85.0 Å². The Morgan fingerprint density at radius 1 is 1.33 bits per heavy atom. The van der Waals surface area contributed by atoms with Crippen molar-refractivity contribution in [2.75, 3.05) is 13.2 Å². The summed E-state index contributed by atoms with van der Waals surface area (Å²) in [5.74, 6) is -0.246. The normalized spacial score (nSPS) is 17.9. The maximum Gasteiger partial charge on any atom is 0.310 e. The quantitative estimate of drug-likeness (QED) is 0.547. The number of benzene rings is 2. The van der Waals surface area contributed by atoms with Crippen LogP contribution in [-0.2, 0) is 4.79 Å². The number of aliphatic imine (C=N–C) groups is 1. The van der Waals surface area contributed by atoms with Gasteiger partial charge in [-0.2, -0.15) is 0 Å². The van der Waals surface area contributed by atoms with Crippen LogP contribution in [0.2, 0.25) is 5.02 Å². The van der Waals surface area contributed by atoms with Crippen LogP contribution in [0.3, 0.4) is 0 Å². The molecule has 0 aliphatic carbocycles. The van der Waals surface area contributed by atoms with E-state index in [-0.39, 0.29) is 29.2 Å². The van der Waals surface area contributed by atoms with Gasteiger partial charge in [-0.05, 0) is 30.3 Å². The van der Waals surface area contributed by atoms with E-state index < -0.39 is 4.92 Å². The van der Waals surface area contributed by atoms with Crippen LogP contribution in [0.15, 0.2) is 53.5 Å². The summed E-state index contributed by atoms with van der Waals surface area (Å²) in [6, 6.07) is 13.0.